The summed E-state index contributed by atoms with van der Waals surface area (Å²) in [5.41, 5.74) is 7.54. The standard InChI is InChI=1S/C25H30/c1-5-8-19-16-23-20(15-18(19)6-2)10-11-22-21(23)13-14-25(7-3)17(4)9-12-24(22)25/h6,15-16,21-22,24H,2,4,7,9-14H2,1,3H3. The molecule has 2 saturated carbocycles. The van der Waals surface area contributed by atoms with Gasteiger partial charge in [0.2, 0.25) is 0 Å². The van der Waals surface area contributed by atoms with Gasteiger partial charge in [0.15, 0.2) is 0 Å². The van der Waals surface area contributed by atoms with Gasteiger partial charge in [0.1, 0.15) is 0 Å². The average molecular weight is 331 g/mol. The maximum absolute atomic E-state index is 4.50. The van der Waals surface area contributed by atoms with Gasteiger partial charge < -0.3 is 0 Å². The predicted molar refractivity (Wildman–Crippen MR) is 107 cm³/mol. The van der Waals surface area contributed by atoms with Gasteiger partial charge in [-0.05, 0) is 97.8 Å². The van der Waals surface area contributed by atoms with Gasteiger partial charge in [0.05, 0.1) is 0 Å². The molecule has 25 heavy (non-hydrogen) atoms. The Labute approximate surface area is 153 Å². The minimum Gasteiger partial charge on any atom is -0.101 e. The molecule has 0 heterocycles. The van der Waals surface area contributed by atoms with Crippen molar-refractivity contribution in [3.05, 3.63) is 53.1 Å². The van der Waals surface area contributed by atoms with Crippen LogP contribution in [-0.4, -0.2) is 0 Å². The molecule has 0 amide bonds. The van der Waals surface area contributed by atoms with Crippen LogP contribution in [-0.2, 0) is 6.42 Å². The molecule has 4 rings (SSSR count). The van der Waals surface area contributed by atoms with E-state index < -0.39 is 0 Å². The second-order valence-electron chi connectivity index (χ2n) is 8.32. The highest BCUT2D eigenvalue weighted by atomic mass is 14.6. The van der Waals surface area contributed by atoms with Crippen LogP contribution >= 0.6 is 0 Å². The first kappa shape index (κ1) is 16.7. The first-order valence-corrected chi connectivity index (χ1v) is 10.0. The molecule has 4 unspecified atom stereocenters. The summed E-state index contributed by atoms with van der Waals surface area (Å²) < 4.78 is 0. The number of benzene rings is 1. The van der Waals surface area contributed by atoms with Gasteiger partial charge in [-0.3, -0.25) is 0 Å². The van der Waals surface area contributed by atoms with Gasteiger partial charge in [-0.2, -0.15) is 0 Å². The van der Waals surface area contributed by atoms with Crippen molar-refractivity contribution in [2.24, 2.45) is 17.3 Å². The van der Waals surface area contributed by atoms with Crippen LogP contribution < -0.4 is 0 Å². The van der Waals surface area contributed by atoms with Crippen LogP contribution in [0, 0.1) is 29.1 Å². The third kappa shape index (κ3) is 2.36. The molecule has 0 bridgehead atoms. The molecule has 0 N–H and O–H groups in total. The van der Waals surface area contributed by atoms with E-state index in [1.807, 2.05) is 13.0 Å². The Morgan fingerprint density at radius 2 is 2.08 bits per heavy atom. The van der Waals surface area contributed by atoms with Gasteiger partial charge in [-0.25, -0.2) is 0 Å². The summed E-state index contributed by atoms with van der Waals surface area (Å²) >= 11 is 0. The zero-order chi connectivity index (χ0) is 17.6. The highest BCUT2D eigenvalue weighted by molar-refractivity contribution is 5.61. The largest absolute Gasteiger partial charge is 0.101 e. The van der Waals surface area contributed by atoms with Crippen LogP contribution in [0.1, 0.15) is 80.5 Å². The molecule has 130 valence electrons. The van der Waals surface area contributed by atoms with Crippen molar-refractivity contribution in [3.8, 4) is 11.8 Å². The van der Waals surface area contributed by atoms with Crippen molar-refractivity contribution >= 4 is 6.08 Å². The van der Waals surface area contributed by atoms with E-state index in [0.717, 1.165) is 17.8 Å². The van der Waals surface area contributed by atoms with Gasteiger partial charge >= 0.3 is 0 Å². The molecule has 1 aromatic carbocycles. The van der Waals surface area contributed by atoms with Crippen LogP contribution in [0.3, 0.4) is 0 Å². The Morgan fingerprint density at radius 3 is 2.80 bits per heavy atom. The Hall–Kier alpha value is -1.74. The summed E-state index contributed by atoms with van der Waals surface area (Å²) in [6, 6.07) is 4.77. The SMILES string of the molecule is C=Cc1cc2c(cc1C#CC)C1CCC3(CC)C(=C)CCC3C1CC2. The molecule has 3 aliphatic carbocycles. The van der Waals surface area contributed by atoms with Crippen LogP contribution in [0.4, 0.5) is 0 Å². The van der Waals surface area contributed by atoms with E-state index in [0.29, 0.717) is 5.41 Å². The number of hydrogen-bond donors (Lipinski definition) is 0. The van der Waals surface area contributed by atoms with Gasteiger partial charge in [-0.1, -0.05) is 43.7 Å². The molecule has 4 atom stereocenters. The van der Waals surface area contributed by atoms with Crippen molar-refractivity contribution in [2.75, 3.05) is 0 Å². The van der Waals surface area contributed by atoms with E-state index in [4.69, 9.17) is 0 Å². The molecule has 0 spiro atoms. The highest BCUT2D eigenvalue weighted by Crippen LogP contribution is 2.63. The monoisotopic (exact) mass is 330 g/mol. The van der Waals surface area contributed by atoms with Gasteiger partial charge in [-0.15, -0.1) is 5.92 Å². The summed E-state index contributed by atoms with van der Waals surface area (Å²) in [5.74, 6) is 8.83. The fourth-order valence-corrected chi connectivity index (χ4v) is 6.46. The zero-order valence-electron chi connectivity index (χ0n) is 15.8. The normalized spacial score (nSPS) is 32.9. The molecule has 0 aliphatic heterocycles. The van der Waals surface area contributed by atoms with Crippen molar-refractivity contribution in [1.82, 2.24) is 0 Å². The third-order valence-electron chi connectivity index (χ3n) is 7.67. The summed E-state index contributed by atoms with van der Waals surface area (Å²) in [6.45, 7) is 12.8. The molecule has 0 radical (unpaired) electrons. The van der Waals surface area contributed by atoms with E-state index in [2.05, 4.69) is 44.1 Å². The van der Waals surface area contributed by atoms with Crippen molar-refractivity contribution in [2.45, 2.75) is 64.7 Å². The van der Waals surface area contributed by atoms with Crippen LogP contribution in [0.2, 0.25) is 0 Å². The first-order valence-electron chi connectivity index (χ1n) is 10.0. The molecule has 0 heteroatoms. The van der Waals surface area contributed by atoms with E-state index in [-0.39, 0.29) is 0 Å². The molecule has 0 aromatic heterocycles. The lowest BCUT2D eigenvalue weighted by molar-refractivity contribution is 0.0643. The Morgan fingerprint density at radius 1 is 1.24 bits per heavy atom. The second-order valence-corrected chi connectivity index (χ2v) is 8.32. The van der Waals surface area contributed by atoms with Crippen molar-refractivity contribution in [3.63, 3.8) is 0 Å². The Kier molecular flexibility index (Phi) is 4.15. The lowest BCUT2D eigenvalue weighted by atomic mass is 9.53. The summed E-state index contributed by atoms with van der Waals surface area (Å²) in [4.78, 5) is 0. The molecule has 0 saturated heterocycles. The molecule has 0 nitrogen and oxygen atoms in total. The van der Waals surface area contributed by atoms with Crippen molar-refractivity contribution < 1.29 is 0 Å². The number of aryl methyl sites for hydroxylation is 1. The van der Waals surface area contributed by atoms with E-state index >= 15 is 0 Å². The number of hydrogen-bond acceptors (Lipinski definition) is 0. The zero-order valence-corrected chi connectivity index (χ0v) is 15.8. The van der Waals surface area contributed by atoms with Gasteiger partial charge in [0.25, 0.3) is 0 Å². The summed E-state index contributed by atoms with van der Waals surface area (Å²) in [5, 5.41) is 0. The molecule has 2 fully saturated rings. The van der Waals surface area contributed by atoms with Gasteiger partial charge in [0, 0.05) is 5.56 Å². The van der Waals surface area contributed by atoms with Crippen LogP contribution in [0.25, 0.3) is 6.08 Å². The Balaban J connectivity index is 1.76. The summed E-state index contributed by atoms with van der Waals surface area (Å²) in [7, 11) is 0. The van der Waals surface area contributed by atoms with Crippen molar-refractivity contribution in [1.29, 1.82) is 0 Å². The quantitative estimate of drug-likeness (QED) is 0.428. The molecular formula is C25H30. The highest BCUT2D eigenvalue weighted by Gasteiger charge is 2.53. The number of fused-ring (bicyclic) bond motifs is 5. The fourth-order valence-electron chi connectivity index (χ4n) is 6.46. The predicted octanol–water partition coefficient (Wildman–Crippen LogP) is 6.50. The molecule has 1 aromatic rings. The maximum atomic E-state index is 4.50. The fraction of sp³-hybridized carbons (Fsp3) is 0.520. The van der Waals surface area contributed by atoms with Crippen LogP contribution in [0.15, 0.2) is 30.9 Å². The van der Waals surface area contributed by atoms with Crippen LogP contribution in [0.5, 0.6) is 0 Å². The molecule has 3 aliphatic rings. The topological polar surface area (TPSA) is 0 Å². The third-order valence-corrected chi connectivity index (χ3v) is 7.67. The Bertz CT molecular complexity index is 784. The first-order chi connectivity index (χ1) is 12.1. The maximum Gasteiger partial charge on any atom is 0.0320 e. The lowest BCUT2D eigenvalue weighted by Gasteiger charge is -2.51. The smallest absolute Gasteiger partial charge is 0.0320 e. The minimum absolute atomic E-state index is 0.450. The van der Waals surface area contributed by atoms with E-state index in [9.17, 15) is 0 Å². The number of rotatable bonds is 2. The van der Waals surface area contributed by atoms with E-state index in [1.165, 1.54) is 56.1 Å². The summed E-state index contributed by atoms with van der Waals surface area (Å²) in [6.07, 6.45) is 11.1. The lowest BCUT2D eigenvalue weighted by Crippen LogP contribution is -2.41. The molecular weight excluding hydrogens is 300 g/mol. The average Bonchev–Trinajstić information content (AvgIpc) is 2.98. The second kappa shape index (κ2) is 6.21. The number of allylic oxidation sites excluding steroid dienone is 1. The minimum atomic E-state index is 0.450. The van der Waals surface area contributed by atoms with E-state index in [1.54, 1.807) is 16.7 Å².